The van der Waals surface area contributed by atoms with E-state index in [1.807, 2.05) is 6.07 Å². The molecule has 0 aliphatic carbocycles. The van der Waals surface area contributed by atoms with Crippen molar-refractivity contribution in [3.8, 4) is 0 Å². The molecule has 0 aliphatic rings. The second-order valence-electron chi connectivity index (χ2n) is 5.90. The fourth-order valence-electron chi connectivity index (χ4n) is 2.71. The lowest BCUT2D eigenvalue weighted by Crippen LogP contribution is -1.98. The summed E-state index contributed by atoms with van der Waals surface area (Å²) in [7, 11) is 0. The average Bonchev–Trinajstić information content (AvgIpc) is 3.04. The molecule has 3 aromatic rings. The maximum atomic E-state index is 12.6. The van der Waals surface area contributed by atoms with E-state index < -0.39 is 0 Å². The lowest BCUT2D eigenvalue weighted by molar-refractivity contribution is 0.101. The number of furan rings is 1. The van der Waals surface area contributed by atoms with Crippen LogP contribution in [0.15, 0.2) is 46.9 Å². The summed E-state index contributed by atoms with van der Waals surface area (Å²) in [4.78, 5) is 23.8. The topological polar surface area (TPSA) is 47.3 Å². The van der Waals surface area contributed by atoms with Gasteiger partial charge in [-0.15, -0.1) is 0 Å². The van der Waals surface area contributed by atoms with Crippen molar-refractivity contribution in [2.24, 2.45) is 0 Å². The first-order chi connectivity index (χ1) is 11.5. The Kier molecular flexibility index (Phi) is 4.54. The van der Waals surface area contributed by atoms with Crippen molar-refractivity contribution in [1.82, 2.24) is 0 Å². The number of hydrogen-bond acceptors (Lipinski definition) is 3. The molecule has 2 aromatic carbocycles. The van der Waals surface area contributed by atoms with E-state index in [1.165, 1.54) is 0 Å². The van der Waals surface area contributed by atoms with Gasteiger partial charge in [0, 0.05) is 21.5 Å². The predicted octanol–water partition coefficient (Wildman–Crippen LogP) is 5.64. The van der Waals surface area contributed by atoms with Gasteiger partial charge in [0.25, 0.3) is 0 Å². The van der Waals surface area contributed by atoms with Crippen LogP contribution in [0.3, 0.4) is 0 Å². The SMILES string of the molecule is CCC(C)c1cc(C=O)cc2cc(C(=O)c3ccc(Cl)cc3)oc12. The molecular weight excluding hydrogens is 324 g/mol. The molecule has 1 aromatic heterocycles. The molecule has 3 nitrogen and oxygen atoms in total. The van der Waals surface area contributed by atoms with Crippen molar-refractivity contribution in [3.05, 3.63) is 69.9 Å². The van der Waals surface area contributed by atoms with Gasteiger partial charge in [-0.3, -0.25) is 9.59 Å². The highest BCUT2D eigenvalue weighted by Crippen LogP contribution is 2.32. The summed E-state index contributed by atoms with van der Waals surface area (Å²) in [5.41, 5.74) is 2.72. The maximum absolute atomic E-state index is 12.6. The number of hydrogen-bond donors (Lipinski definition) is 0. The van der Waals surface area contributed by atoms with Gasteiger partial charge in [-0.05, 0) is 60.4 Å². The van der Waals surface area contributed by atoms with E-state index in [4.69, 9.17) is 16.0 Å². The summed E-state index contributed by atoms with van der Waals surface area (Å²) < 4.78 is 5.87. The predicted molar refractivity (Wildman–Crippen MR) is 95.2 cm³/mol. The summed E-state index contributed by atoms with van der Waals surface area (Å²) in [6, 6.07) is 12.0. The van der Waals surface area contributed by atoms with Crippen LogP contribution in [0, 0.1) is 0 Å². The Hall–Kier alpha value is -2.39. The van der Waals surface area contributed by atoms with Crippen molar-refractivity contribution < 1.29 is 14.0 Å². The molecule has 24 heavy (non-hydrogen) atoms. The fraction of sp³-hybridized carbons (Fsp3) is 0.200. The van der Waals surface area contributed by atoms with E-state index in [1.54, 1.807) is 36.4 Å². The molecule has 0 spiro atoms. The molecule has 1 atom stereocenters. The molecule has 0 radical (unpaired) electrons. The Morgan fingerprint density at radius 2 is 1.92 bits per heavy atom. The Morgan fingerprint density at radius 3 is 2.54 bits per heavy atom. The zero-order valence-electron chi connectivity index (χ0n) is 13.5. The molecule has 1 heterocycles. The van der Waals surface area contributed by atoms with E-state index in [0.29, 0.717) is 21.7 Å². The minimum absolute atomic E-state index is 0.203. The van der Waals surface area contributed by atoms with Crippen LogP contribution in [0.2, 0.25) is 5.02 Å². The molecular formula is C20H17ClO3. The van der Waals surface area contributed by atoms with E-state index in [2.05, 4.69) is 13.8 Å². The Bertz CT molecular complexity index is 907. The Balaban J connectivity index is 2.12. The number of halogens is 1. The molecule has 122 valence electrons. The second kappa shape index (κ2) is 6.62. The molecule has 1 unspecified atom stereocenters. The molecule has 0 fully saturated rings. The summed E-state index contributed by atoms with van der Waals surface area (Å²) in [6.45, 7) is 4.15. The third-order valence-corrected chi connectivity index (χ3v) is 4.53. The van der Waals surface area contributed by atoms with Gasteiger partial charge in [0.15, 0.2) is 5.76 Å². The van der Waals surface area contributed by atoms with Crippen molar-refractivity contribution in [2.75, 3.05) is 0 Å². The van der Waals surface area contributed by atoms with Crippen molar-refractivity contribution in [3.63, 3.8) is 0 Å². The first-order valence-electron chi connectivity index (χ1n) is 7.86. The number of carbonyl (C=O) groups is 2. The summed E-state index contributed by atoms with van der Waals surface area (Å²) in [6.07, 6.45) is 1.73. The molecule has 0 amide bonds. The highest BCUT2D eigenvalue weighted by atomic mass is 35.5. The van der Waals surface area contributed by atoms with Crippen LogP contribution in [0.5, 0.6) is 0 Å². The van der Waals surface area contributed by atoms with Crippen molar-refractivity contribution in [2.45, 2.75) is 26.2 Å². The van der Waals surface area contributed by atoms with Gasteiger partial charge in [0.05, 0.1) is 0 Å². The molecule has 0 bridgehead atoms. The number of benzene rings is 2. The van der Waals surface area contributed by atoms with Crippen LogP contribution in [0.1, 0.15) is 58.2 Å². The number of fused-ring (bicyclic) bond motifs is 1. The van der Waals surface area contributed by atoms with Crippen LogP contribution >= 0.6 is 11.6 Å². The third kappa shape index (κ3) is 3.00. The number of ketones is 1. The smallest absolute Gasteiger partial charge is 0.228 e. The zero-order valence-corrected chi connectivity index (χ0v) is 14.3. The molecule has 0 N–H and O–H groups in total. The third-order valence-electron chi connectivity index (χ3n) is 4.28. The fourth-order valence-corrected chi connectivity index (χ4v) is 2.84. The normalized spacial score (nSPS) is 12.3. The van der Waals surface area contributed by atoms with Gasteiger partial charge in [0.1, 0.15) is 11.9 Å². The molecule has 3 rings (SSSR count). The van der Waals surface area contributed by atoms with Crippen molar-refractivity contribution in [1.29, 1.82) is 0 Å². The van der Waals surface area contributed by atoms with E-state index in [-0.39, 0.29) is 17.5 Å². The Morgan fingerprint density at radius 1 is 1.21 bits per heavy atom. The van der Waals surface area contributed by atoms with Crippen LogP contribution in [0.4, 0.5) is 0 Å². The highest BCUT2D eigenvalue weighted by molar-refractivity contribution is 6.30. The first kappa shape index (κ1) is 16.5. The average molecular weight is 341 g/mol. The molecule has 0 saturated heterocycles. The highest BCUT2D eigenvalue weighted by Gasteiger charge is 2.19. The van der Waals surface area contributed by atoms with Gasteiger partial charge in [-0.1, -0.05) is 25.4 Å². The maximum Gasteiger partial charge on any atom is 0.228 e. The summed E-state index contributed by atoms with van der Waals surface area (Å²) >= 11 is 5.86. The monoisotopic (exact) mass is 340 g/mol. The minimum atomic E-state index is -0.203. The number of aldehydes is 1. The molecule has 0 saturated carbocycles. The molecule has 0 aliphatic heterocycles. The van der Waals surface area contributed by atoms with Crippen LogP contribution in [0.25, 0.3) is 11.0 Å². The molecule has 4 heteroatoms. The van der Waals surface area contributed by atoms with Crippen LogP contribution in [-0.4, -0.2) is 12.1 Å². The van der Waals surface area contributed by atoms with Crippen molar-refractivity contribution >= 4 is 34.6 Å². The lowest BCUT2D eigenvalue weighted by Gasteiger charge is -2.10. The largest absolute Gasteiger partial charge is 0.452 e. The standard InChI is InChI=1S/C20H17ClO3/c1-3-12(2)17-9-13(11-22)8-15-10-18(24-20(15)17)19(23)14-4-6-16(21)7-5-14/h4-12H,3H2,1-2H3. The number of rotatable bonds is 5. The second-order valence-corrected chi connectivity index (χ2v) is 6.34. The van der Waals surface area contributed by atoms with Crippen LogP contribution in [-0.2, 0) is 0 Å². The van der Waals surface area contributed by atoms with Gasteiger partial charge in [-0.25, -0.2) is 0 Å². The first-order valence-corrected chi connectivity index (χ1v) is 8.24. The van der Waals surface area contributed by atoms with Gasteiger partial charge in [-0.2, -0.15) is 0 Å². The van der Waals surface area contributed by atoms with E-state index in [9.17, 15) is 9.59 Å². The van der Waals surface area contributed by atoms with Gasteiger partial charge < -0.3 is 4.42 Å². The van der Waals surface area contributed by atoms with Gasteiger partial charge in [0.2, 0.25) is 5.78 Å². The zero-order chi connectivity index (χ0) is 17.3. The quantitative estimate of drug-likeness (QED) is 0.446. The number of carbonyl (C=O) groups excluding carboxylic acids is 2. The minimum Gasteiger partial charge on any atom is -0.452 e. The van der Waals surface area contributed by atoms with E-state index >= 15 is 0 Å². The van der Waals surface area contributed by atoms with Gasteiger partial charge >= 0.3 is 0 Å². The lowest BCUT2D eigenvalue weighted by atomic mass is 9.95. The van der Waals surface area contributed by atoms with Crippen LogP contribution < -0.4 is 0 Å². The summed E-state index contributed by atoms with van der Waals surface area (Å²) in [5.74, 6) is 0.294. The summed E-state index contributed by atoms with van der Waals surface area (Å²) in [5, 5.41) is 1.35. The van der Waals surface area contributed by atoms with E-state index in [0.717, 1.165) is 23.7 Å². The Labute approximate surface area is 145 Å².